The second-order valence-electron chi connectivity index (χ2n) is 3.96. The van der Waals surface area contributed by atoms with Crippen molar-refractivity contribution in [2.75, 3.05) is 0 Å². The van der Waals surface area contributed by atoms with Crippen LogP contribution in [0, 0.1) is 16.2 Å². The zero-order valence-electron chi connectivity index (χ0n) is 9.38. The number of hydrogen-bond donors (Lipinski definition) is 1. The lowest BCUT2D eigenvalue weighted by Crippen LogP contribution is -1.88. The second kappa shape index (κ2) is 4.00. The van der Waals surface area contributed by atoms with E-state index in [2.05, 4.69) is 11.1 Å². The Bertz CT molecular complexity index is 731. The summed E-state index contributed by atoms with van der Waals surface area (Å²) >= 11 is 0. The van der Waals surface area contributed by atoms with Crippen molar-refractivity contribution in [2.45, 2.75) is 0 Å². The summed E-state index contributed by atoms with van der Waals surface area (Å²) in [6, 6.07) is 15.4. The molecule has 1 radical (unpaired) electrons. The summed E-state index contributed by atoms with van der Waals surface area (Å²) in [5, 5.41) is 11.8. The van der Waals surface area contributed by atoms with Crippen LogP contribution in [0.15, 0.2) is 48.7 Å². The molecule has 1 heterocycles. The summed E-state index contributed by atoms with van der Waals surface area (Å²) in [5.74, 6) is 0. The third kappa shape index (κ3) is 1.64. The van der Waals surface area contributed by atoms with E-state index in [4.69, 9.17) is 0 Å². The van der Waals surface area contributed by atoms with Crippen molar-refractivity contribution in [3.8, 4) is 11.1 Å². The minimum atomic E-state index is -0.394. The molecule has 0 bridgehead atoms. The fourth-order valence-corrected chi connectivity index (χ4v) is 2.04. The molecule has 0 spiro atoms. The van der Waals surface area contributed by atoms with Crippen molar-refractivity contribution < 1.29 is 4.92 Å². The van der Waals surface area contributed by atoms with Crippen LogP contribution < -0.4 is 0 Å². The van der Waals surface area contributed by atoms with Crippen LogP contribution in [0.1, 0.15) is 0 Å². The van der Waals surface area contributed by atoms with E-state index < -0.39 is 4.92 Å². The number of nitro benzene ring substituents is 1. The maximum Gasteiger partial charge on any atom is 0.270 e. The van der Waals surface area contributed by atoms with Gasteiger partial charge in [0.05, 0.1) is 4.92 Å². The number of nitro groups is 1. The highest BCUT2D eigenvalue weighted by Gasteiger charge is 2.09. The molecule has 1 N–H and O–H groups in total. The Kier molecular flexibility index (Phi) is 2.34. The van der Waals surface area contributed by atoms with Crippen LogP contribution in [0.3, 0.4) is 0 Å². The van der Waals surface area contributed by atoms with Crippen LogP contribution in [-0.2, 0) is 0 Å². The Morgan fingerprint density at radius 1 is 1.22 bits per heavy atom. The largest absolute Gasteiger partial charge is 0.361 e. The van der Waals surface area contributed by atoms with Gasteiger partial charge in [0.25, 0.3) is 5.69 Å². The third-order valence-corrected chi connectivity index (χ3v) is 2.88. The average molecular weight is 237 g/mol. The molecular formula is C14H9N2O2. The van der Waals surface area contributed by atoms with E-state index in [9.17, 15) is 10.1 Å². The van der Waals surface area contributed by atoms with Crippen molar-refractivity contribution in [3.05, 3.63) is 64.8 Å². The molecule has 0 fully saturated rings. The highest BCUT2D eigenvalue weighted by atomic mass is 16.6. The van der Waals surface area contributed by atoms with Crippen LogP contribution in [0.25, 0.3) is 22.0 Å². The lowest BCUT2D eigenvalue weighted by Gasteiger charge is -2.03. The Balaban J connectivity index is 2.23. The van der Waals surface area contributed by atoms with Gasteiger partial charge in [-0.15, -0.1) is 0 Å². The van der Waals surface area contributed by atoms with E-state index in [1.54, 1.807) is 12.1 Å². The van der Waals surface area contributed by atoms with E-state index >= 15 is 0 Å². The van der Waals surface area contributed by atoms with Crippen LogP contribution >= 0.6 is 0 Å². The molecule has 0 saturated carbocycles. The first-order valence-electron chi connectivity index (χ1n) is 5.48. The predicted octanol–water partition coefficient (Wildman–Crippen LogP) is 3.54. The van der Waals surface area contributed by atoms with Crippen LogP contribution in [0.2, 0.25) is 0 Å². The van der Waals surface area contributed by atoms with Gasteiger partial charge in [0.2, 0.25) is 0 Å². The molecule has 18 heavy (non-hydrogen) atoms. The highest BCUT2D eigenvalue weighted by molar-refractivity contribution is 5.95. The molecule has 0 aliphatic heterocycles. The number of non-ortho nitro benzene ring substituents is 1. The first kappa shape index (κ1) is 10.5. The van der Waals surface area contributed by atoms with Gasteiger partial charge < -0.3 is 4.98 Å². The lowest BCUT2D eigenvalue weighted by atomic mass is 10.0. The van der Waals surface area contributed by atoms with Gasteiger partial charge in [-0.3, -0.25) is 10.1 Å². The van der Waals surface area contributed by atoms with Crippen LogP contribution in [0.4, 0.5) is 5.69 Å². The maximum atomic E-state index is 10.8. The minimum absolute atomic E-state index is 0.0799. The molecule has 3 aromatic rings. The van der Waals surface area contributed by atoms with Crippen LogP contribution in [0.5, 0.6) is 0 Å². The molecule has 4 heteroatoms. The predicted molar refractivity (Wildman–Crippen MR) is 69.2 cm³/mol. The normalized spacial score (nSPS) is 10.7. The monoisotopic (exact) mass is 237 g/mol. The highest BCUT2D eigenvalue weighted by Crippen LogP contribution is 2.29. The fourth-order valence-electron chi connectivity index (χ4n) is 2.04. The van der Waals surface area contributed by atoms with Gasteiger partial charge in [-0.2, -0.15) is 0 Å². The molecule has 0 aliphatic carbocycles. The smallest absolute Gasteiger partial charge is 0.270 e. The molecule has 0 unspecified atom stereocenters. The maximum absolute atomic E-state index is 10.8. The standard InChI is InChI=1S/C14H9N2O2/c17-16(18)11-4-1-3-10(9-11)12-5-2-6-14-13(12)7-8-15-14/h1-2,4-9,15H. The van der Waals surface area contributed by atoms with Crippen molar-refractivity contribution in [3.63, 3.8) is 0 Å². The number of aromatic amines is 1. The number of rotatable bonds is 2. The van der Waals surface area contributed by atoms with Gasteiger partial charge >= 0.3 is 0 Å². The SMILES string of the molecule is O=[N+]([O-])c1cc[c]c(-c2cccc3[nH]ccc23)c1. The number of benzene rings is 2. The topological polar surface area (TPSA) is 58.9 Å². The Labute approximate surface area is 103 Å². The van der Waals surface area contributed by atoms with E-state index in [1.165, 1.54) is 6.07 Å². The Morgan fingerprint density at radius 2 is 2.11 bits per heavy atom. The molecule has 0 aliphatic rings. The van der Waals surface area contributed by atoms with Gasteiger partial charge in [0.15, 0.2) is 0 Å². The first-order chi connectivity index (χ1) is 8.75. The summed E-state index contributed by atoms with van der Waals surface area (Å²) < 4.78 is 0. The van der Waals surface area contributed by atoms with Gasteiger partial charge in [0, 0.05) is 29.2 Å². The molecule has 87 valence electrons. The van der Waals surface area contributed by atoms with Crippen molar-refractivity contribution in [2.24, 2.45) is 0 Å². The molecule has 4 nitrogen and oxygen atoms in total. The van der Waals surface area contributed by atoms with Crippen LogP contribution in [-0.4, -0.2) is 9.91 Å². The third-order valence-electron chi connectivity index (χ3n) is 2.88. The minimum Gasteiger partial charge on any atom is -0.361 e. The van der Waals surface area contributed by atoms with Gasteiger partial charge in [0.1, 0.15) is 0 Å². The molecule has 0 saturated heterocycles. The number of fused-ring (bicyclic) bond motifs is 1. The van der Waals surface area contributed by atoms with Gasteiger partial charge in [-0.25, -0.2) is 0 Å². The van der Waals surface area contributed by atoms with E-state index in [-0.39, 0.29) is 5.69 Å². The molecule has 3 rings (SSSR count). The van der Waals surface area contributed by atoms with Crippen molar-refractivity contribution in [1.29, 1.82) is 0 Å². The molecule has 0 amide bonds. The molecule has 1 aromatic heterocycles. The van der Waals surface area contributed by atoms with E-state index in [1.807, 2.05) is 30.5 Å². The average Bonchev–Trinajstić information content (AvgIpc) is 2.87. The number of H-pyrrole nitrogens is 1. The number of nitrogens with zero attached hydrogens (tertiary/aromatic N) is 1. The van der Waals surface area contributed by atoms with Gasteiger partial charge in [-0.1, -0.05) is 12.1 Å². The Hall–Kier alpha value is -2.62. The number of aromatic nitrogens is 1. The fraction of sp³-hybridized carbons (Fsp3) is 0. The summed E-state index contributed by atoms with van der Waals surface area (Å²) in [4.78, 5) is 13.5. The number of nitrogens with one attached hydrogen (secondary N) is 1. The molecule has 2 aromatic carbocycles. The Morgan fingerprint density at radius 3 is 2.94 bits per heavy atom. The first-order valence-corrected chi connectivity index (χ1v) is 5.48. The molecule has 0 atom stereocenters. The number of hydrogen-bond acceptors (Lipinski definition) is 2. The van der Waals surface area contributed by atoms with E-state index in [0.717, 1.165) is 22.0 Å². The van der Waals surface area contributed by atoms with Crippen molar-refractivity contribution in [1.82, 2.24) is 4.98 Å². The summed E-state index contributed by atoms with van der Waals surface area (Å²) in [7, 11) is 0. The van der Waals surface area contributed by atoms with Crippen molar-refractivity contribution >= 4 is 16.6 Å². The zero-order valence-corrected chi connectivity index (χ0v) is 9.38. The second-order valence-corrected chi connectivity index (χ2v) is 3.96. The summed E-state index contributed by atoms with van der Waals surface area (Å²) in [5.41, 5.74) is 2.76. The quantitative estimate of drug-likeness (QED) is 0.547. The van der Waals surface area contributed by atoms with Gasteiger partial charge in [-0.05, 0) is 35.4 Å². The lowest BCUT2D eigenvalue weighted by molar-refractivity contribution is -0.384. The zero-order chi connectivity index (χ0) is 12.5. The summed E-state index contributed by atoms with van der Waals surface area (Å²) in [6.07, 6.45) is 1.85. The summed E-state index contributed by atoms with van der Waals surface area (Å²) in [6.45, 7) is 0. The molecular weight excluding hydrogens is 228 g/mol. The van der Waals surface area contributed by atoms with E-state index in [0.29, 0.717) is 0 Å².